The normalized spacial score (nSPS) is 25.3. The molecule has 2 heterocycles. The van der Waals surface area contributed by atoms with Crippen molar-refractivity contribution in [2.24, 2.45) is 22.7 Å². The van der Waals surface area contributed by atoms with E-state index in [1.807, 2.05) is 0 Å². The Labute approximate surface area is 356 Å². The van der Waals surface area contributed by atoms with Crippen LogP contribution in [0, 0.1) is 22.7 Å². The van der Waals surface area contributed by atoms with E-state index in [0.29, 0.717) is 0 Å². The Hall–Kier alpha value is -3.50. The lowest BCUT2D eigenvalue weighted by Crippen LogP contribution is -2.52. The number of hydrogen-bond donors (Lipinski definition) is 2. The van der Waals surface area contributed by atoms with Gasteiger partial charge in [0, 0.05) is 11.8 Å². The van der Waals surface area contributed by atoms with E-state index >= 15 is 26.3 Å². The van der Waals surface area contributed by atoms with Crippen molar-refractivity contribution in [3.05, 3.63) is 83.4 Å². The number of aromatic nitrogens is 6. The van der Waals surface area contributed by atoms with E-state index in [0.717, 1.165) is 67.9 Å². The van der Waals surface area contributed by atoms with Crippen LogP contribution in [0.25, 0.3) is 0 Å². The third-order valence-corrected chi connectivity index (χ3v) is 15.1. The molecule has 2 aliphatic rings. The van der Waals surface area contributed by atoms with Crippen LogP contribution in [0.15, 0.2) is 71.5 Å². The summed E-state index contributed by atoms with van der Waals surface area (Å²) in [5, 5.41) is 33.2. The molecule has 0 aliphatic heterocycles. The molecule has 62 heavy (non-hydrogen) atoms. The first-order valence-electron chi connectivity index (χ1n) is 19.4. The van der Waals surface area contributed by atoms with Crippen LogP contribution in [0.2, 0.25) is 0 Å². The van der Waals surface area contributed by atoms with E-state index in [9.17, 15) is 36.6 Å². The predicted molar refractivity (Wildman–Crippen MR) is 205 cm³/mol. The first-order valence-corrected chi connectivity index (χ1v) is 21.6. The number of nitrogens with zero attached hydrogens (tertiary/aromatic N) is 6. The number of benzene rings is 2. The molecule has 2 saturated carbocycles. The summed E-state index contributed by atoms with van der Waals surface area (Å²) in [5.74, 6) is -8.20. The Kier molecular flexibility index (Phi) is 13.0. The standard InChI is InChI=1S/C40H44F12N6O2S2/c1-33(2)15-13-27(29(39(47,48)49)25-11-7-5-9-23(25)17-37(41,42)43)35(33,59)19-57-31(53-21-55-57)61-62-32-54-22-56-58(32)20-36(60)28(14-16-34(36,3)4)30(40(50,51)52)26-12-8-6-10-24(26)18-38(44,45)46/h5-12,21-22,27-30,59-60H,13-20H2,1-4H3. The molecule has 4 aromatic rings. The first-order chi connectivity index (χ1) is 28.5. The zero-order valence-electron chi connectivity index (χ0n) is 33.7. The van der Waals surface area contributed by atoms with Gasteiger partial charge in [-0.15, -0.1) is 0 Å². The summed E-state index contributed by atoms with van der Waals surface area (Å²) in [5.41, 5.74) is -9.14. The van der Waals surface area contributed by atoms with Gasteiger partial charge in [0.1, 0.15) is 12.7 Å². The lowest BCUT2D eigenvalue weighted by atomic mass is 9.68. The van der Waals surface area contributed by atoms with Gasteiger partial charge in [0.2, 0.25) is 0 Å². The molecular formula is C40H44F12N6O2S2. The fourth-order valence-electron chi connectivity index (χ4n) is 9.55. The van der Waals surface area contributed by atoms with Crippen LogP contribution in [0.5, 0.6) is 0 Å². The zero-order valence-corrected chi connectivity index (χ0v) is 35.3. The minimum Gasteiger partial charge on any atom is -0.387 e. The smallest absolute Gasteiger partial charge is 0.387 e. The van der Waals surface area contributed by atoms with Gasteiger partial charge >= 0.3 is 24.7 Å². The number of aliphatic hydroxyl groups is 2. The molecule has 6 atom stereocenters. The van der Waals surface area contributed by atoms with Crippen molar-refractivity contribution in [1.82, 2.24) is 29.5 Å². The molecule has 8 nitrogen and oxygen atoms in total. The molecule has 0 saturated heterocycles. The summed E-state index contributed by atoms with van der Waals surface area (Å²) in [6.45, 7) is 5.12. The molecule has 342 valence electrons. The molecule has 2 aromatic carbocycles. The molecule has 22 heteroatoms. The second kappa shape index (κ2) is 16.8. The van der Waals surface area contributed by atoms with Crippen LogP contribution in [-0.2, 0) is 25.9 Å². The minimum absolute atomic E-state index is 0.0386. The van der Waals surface area contributed by atoms with Crippen molar-refractivity contribution in [3.8, 4) is 0 Å². The fraction of sp³-hybridized carbons (Fsp3) is 0.600. The second-order valence-corrected chi connectivity index (χ2v) is 19.6. The van der Waals surface area contributed by atoms with E-state index < -0.39 is 119 Å². The van der Waals surface area contributed by atoms with Gasteiger partial charge in [0.15, 0.2) is 10.3 Å². The summed E-state index contributed by atoms with van der Waals surface area (Å²) >= 11 is 0. The molecule has 2 aliphatic carbocycles. The number of rotatable bonds is 13. The summed E-state index contributed by atoms with van der Waals surface area (Å²) in [6.07, 6.45) is -21.0. The topological polar surface area (TPSA) is 102 Å². The average Bonchev–Trinajstić information content (AvgIpc) is 3.86. The Morgan fingerprint density at radius 1 is 0.597 bits per heavy atom. The van der Waals surface area contributed by atoms with Crippen LogP contribution in [0.3, 0.4) is 0 Å². The lowest BCUT2D eigenvalue weighted by molar-refractivity contribution is -0.193. The van der Waals surface area contributed by atoms with Crippen molar-refractivity contribution >= 4 is 21.6 Å². The van der Waals surface area contributed by atoms with E-state index in [1.54, 1.807) is 27.7 Å². The predicted octanol–water partition coefficient (Wildman–Crippen LogP) is 10.9. The highest BCUT2D eigenvalue weighted by Gasteiger charge is 2.64. The van der Waals surface area contributed by atoms with Crippen LogP contribution in [0.1, 0.15) is 87.5 Å². The van der Waals surface area contributed by atoms with E-state index in [1.165, 1.54) is 24.3 Å². The molecule has 0 bridgehead atoms. The number of alkyl halides is 12. The molecule has 6 rings (SSSR count). The Balaban J connectivity index is 1.27. The fourth-order valence-corrected chi connectivity index (χ4v) is 11.5. The molecule has 0 radical (unpaired) electrons. The first kappa shape index (κ1) is 48.0. The SMILES string of the molecule is CC1(C)CCC(C(c2ccccc2CC(F)(F)F)C(F)(F)F)C1(O)Cn1ncnc1SSc1ncnn1CC1(O)C(C(c2ccccc2CC(F)(F)F)C(F)(F)F)CCC1(C)C. The monoisotopic (exact) mass is 932 g/mol. The molecule has 0 spiro atoms. The van der Waals surface area contributed by atoms with Crippen molar-refractivity contribution in [1.29, 1.82) is 0 Å². The maximum atomic E-state index is 15.1. The van der Waals surface area contributed by atoms with Crippen molar-refractivity contribution in [3.63, 3.8) is 0 Å². The number of hydrogen-bond acceptors (Lipinski definition) is 8. The average molecular weight is 933 g/mol. The highest BCUT2D eigenvalue weighted by molar-refractivity contribution is 8.76. The van der Waals surface area contributed by atoms with Crippen LogP contribution in [-0.4, -0.2) is 75.6 Å². The van der Waals surface area contributed by atoms with Gasteiger partial charge < -0.3 is 10.2 Å². The van der Waals surface area contributed by atoms with E-state index in [-0.39, 0.29) is 36.0 Å². The maximum absolute atomic E-state index is 15.1. The van der Waals surface area contributed by atoms with Crippen LogP contribution < -0.4 is 0 Å². The van der Waals surface area contributed by atoms with E-state index in [2.05, 4.69) is 20.2 Å². The summed E-state index contributed by atoms with van der Waals surface area (Å²) in [7, 11) is 1.71. The third kappa shape index (κ3) is 9.76. The highest BCUT2D eigenvalue weighted by atomic mass is 33.1. The van der Waals surface area contributed by atoms with Gasteiger partial charge in [0.25, 0.3) is 0 Å². The molecular weight excluding hydrogens is 889 g/mol. The third-order valence-electron chi connectivity index (χ3n) is 12.9. The van der Waals surface area contributed by atoms with Crippen molar-refractivity contribution < 1.29 is 62.9 Å². The molecule has 0 amide bonds. The Bertz CT molecular complexity index is 2030. The van der Waals surface area contributed by atoms with Crippen molar-refractivity contribution in [2.75, 3.05) is 0 Å². The van der Waals surface area contributed by atoms with E-state index in [4.69, 9.17) is 0 Å². The maximum Gasteiger partial charge on any atom is 0.396 e. The summed E-state index contributed by atoms with van der Waals surface area (Å²) in [6, 6.07) is 8.83. The van der Waals surface area contributed by atoms with Gasteiger partial charge in [-0.3, -0.25) is 0 Å². The molecule has 2 N–H and O–H groups in total. The van der Waals surface area contributed by atoms with Crippen molar-refractivity contribution in [2.45, 2.75) is 137 Å². The Morgan fingerprint density at radius 3 is 1.26 bits per heavy atom. The molecule has 2 aromatic heterocycles. The minimum atomic E-state index is -5.07. The number of halogens is 12. The van der Waals surface area contributed by atoms with Gasteiger partial charge in [-0.1, -0.05) is 76.2 Å². The quantitative estimate of drug-likeness (QED) is 0.101. The summed E-state index contributed by atoms with van der Waals surface area (Å²) in [4.78, 5) is 8.38. The molecule has 2 fully saturated rings. The van der Waals surface area contributed by atoms with Crippen LogP contribution in [0.4, 0.5) is 52.7 Å². The largest absolute Gasteiger partial charge is 0.396 e. The van der Waals surface area contributed by atoms with Crippen LogP contribution >= 0.6 is 21.6 Å². The Morgan fingerprint density at radius 2 is 0.935 bits per heavy atom. The summed E-state index contributed by atoms with van der Waals surface area (Å²) < 4.78 is 174. The highest BCUT2D eigenvalue weighted by Crippen LogP contribution is 2.61. The lowest BCUT2D eigenvalue weighted by Gasteiger charge is -2.44. The van der Waals surface area contributed by atoms with Gasteiger partial charge in [-0.25, -0.2) is 19.3 Å². The molecule has 6 unspecified atom stereocenters. The van der Waals surface area contributed by atoms with Gasteiger partial charge in [-0.2, -0.15) is 62.9 Å². The second-order valence-electron chi connectivity index (χ2n) is 17.5. The van der Waals surface area contributed by atoms with Gasteiger partial charge in [-0.05, 0) is 80.4 Å². The zero-order chi connectivity index (χ0) is 45.9. The van der Waals surface area contributed by atoms with Gasteiger partial charge in [0.05, 0.1) is 49.0 Å².